The number of hydrogen-bond acceptors (Lipinski definition) is 4. The van der Waals surface area contributed by atoms with Crippen molar-refractivity contribution in [3.63, 3.8) is 0 Å². The van der Waals surface area contributed by atoms with E-state index in [-0.39, 0.29) is 6.04 Å². The summed E-state index contributed by atoms with van der Waals surface area (Å²) in [7, 11) is 1.59. The maximum absolute atomic E-state index is 6.05. The van der Waals surface area contributed by atoms with Gasteiger partial charge >= 0.3 is 0 Å². The molecule has 0 aliphatic heterocycles. The van der Waals surface area contributed by atoms with E-state index in [1.54, 1.807) is 13.2 Å². The minimum Gasteiger partial charge on any atom is -0.481 e. The van der Waals surface area contributed by atoms with Gasteiger partial charge in [-0.3, -0.25) is 0 Å². The summed E-state index contributed by atoms with van der Waals surface area (Å²) in [6.45, 7) is 4.36. The van der Waals surface area contributed by atoms with Crippen molar-refractivity contribution in [2.45, 2.75) is 32.7 Å². The van der Waals surface area contributed by atoms with Gasteiger partial charge in [-0.15, -0.1) is 0 Å². The van der Waals surface area contributed by atoms with Gasteiger partial charge in [0.25, 0.3) is 0 Å². The van der Waals surface area contributed by atoms with Crippen LogP contribution in [0.5, 0.6) is 5.88 Å². The molecule has 0 saturated heterocycles. The predicted molar refractivity (Wildman–Crippen MR) is 59.6 cm³/mol. The zero-order valence-corrected chi connectivity index (χ0v) is 9.60. The molecule has 0 radical (unpaired) electrons. The average molecular weight is 209 g/mol. The van der Waals surface area contributed by atoms with Crippen molar-refractivity contribution in [2.24, 2.45) is 11.7 Å². The zero-order valence-electron chi connectivity index (χ0n) is 9.60. The Balaban J connectivity index is 2.68. The van der Waals surface area contributed by atoms with Crippen LogP contribution >= 0.6 is 0 Å². The summed E-state index contributed by atoms with van der Waals surface area (Å²) in [5, 5.41) is 0. The number of rotatable bonds is 5. The van der Waals surface area contributed by atoms with Crippen LogP contribution in [0, 0.1) is 5.92 Å². The van der Waals surface area contributed by atoms with Gasteiger partial charge in [-0.05, 0) is 12.3 Å². The second kappa shape index (κ2) is 5.66. The number of methoxy groups -OCH3 is 1. The topological polar surface area (TPSA) is 61.0 Å². The third-order valence-electron chi connectivity index (χ3n) is 2.61. The number of aromatic nitrogens is 2. The highest BCUT2D eigenvalue weighted by Crippen LogP contribution is 2.20. The lowest BCUT2D eigenvalue weighted by molar-refractivity contribution is 0.393. The molecule has 0 bridgehead atoms. The van der Waals surface area contributed by atoms with Crippen molar-refractivity contribution < 1.29 is 4.74 Å². The monoisotopic (exact) mass is 209 g/mol. The Morgan fingerprint density at radius 2 is 2.20 bits per heavy atom. The lowest BCUT2D eigenvalue weighted by Gasteiger charge is -2.15. The van der Waals surface area contributed by atoms with Gasteiger partial charge in [-0.2, -0.15) is 0 Å². The average Bonchev–Trinajstić information content (AvgIpc) is 2.28. The van der Waals surface area contributed by atoms with Crippen LogP contribution in [0.3, 0.4) is 0 Å². The van der Waals surface area contributed by atoms with Gasteiger partial charge < -0.3 is 10.5 Å². The van der Waals surface area contributed by atoms with Crippen LogP contribution in [-0.2, 0) is 0 Å². The molecule has 2 atom stereocenters. The molecule has 0 amide bonds. The largest absolute Gasteiger partial charge is 0.481 e. The number of nitrogens with zero attached hydrogens (tertiary/aromatic N) is 2. The lowest BCUT2D eigenvalue weighted by atomic mass is 9.98. The summed E-state index contributed by atoms with van der Waals surface area (Å²) >= 11 is 0. The van der Waals surface area contributed by atoms with Gasteiger partial charge in [-0.1, -0.05) is 20.3 Å². The van der Waals surface area contributed by atoms with Crippen molar-refractivity contribution in [1.29, 1.82) is 0 Å². The molecular formula is C11H19N3O. The SMILES string of the molecule is CCC(C)CC(N)c1cc(OC)ncn1. The van der Waals surface area contributed by atoms with Crippen LogP contribution in [0.25, 0.3) is 0 Å². The van der Waals surface area contributed by atoms with Crippen LogP contribution < -0.4 is 10.5 Å². The summed E-state index contributed by atoms with van der Waals surface area (Å²) in [5.41, 5.74) is 6.90. The second-order valence-corrected chi connectivity index (χ2v) is 3.84. The highest BCUT2D eigenvalue weighted by molar-refractivity contribution is 5.16. The van der Waals surface area contributed by atoms with E-state index >= 15 is 0 Å². The van der Waals surface area contributed by atoms with Crippen LogP contribution in [0.1, 0.15) is 38.4 Å². The molecule has 2 N–H and O–H groups in total. The summed E-state index contributed by atoms with van der Waals surface area (Å²) in [4.78, 5) is 8.11. The maximum atomic E-state index is 6.05. The first-order valence-corrected chi connectivity index (χ1v) is 5.28. The quantitative estimate of drug-likeness (QED) is 0.804. The number of ether oxygens (including phenoxy) is 1. The second-order valence-electron chi connectivity index (χ2n) is 3.84. The molecular weight excluding hydrogens is 190 g/mol. The van der Waals surface area contributed by atoms with E-state index in [1.807, 2.05) is 0 Å². The van der Waals surface area contributed by atoms with Crippen molar-refractivity contribution in [2.75, 3.05) is 7.11 Å². The van der Waals surface area contributed by atoms with Crippen LogP contribution in [0.4, 0.5) is 0 Å². The van der Waals surface area contributed by atoms with E-state index in [9.17, 15) is 0 Å². The first kappa shape index (κ1) is 11.9. The molecule has 1 aromatic heterocycles. The lowest BCUT2D eigenvalue weighted by Crippen LogP contribution is -2.15. The highest BCUT2D eigenvalue weighted by atomic mass is 16.5. The molecule has 1 heterocycles. The molecule has 0 aromatic carbocycles. The molecule has 84 valence electrons. The zero-order chi connectivity index (χ0) is 11.3. The molecule has 0 fully saturated rings. The first-order chi connectivity index (χ1) is 7.17. The van der Waals surface area contributed by atoms with Crippen molar-refractivity contribution in [3.05, 3.63) is 18.1 Å². The van der Waals surface area contributed by atoms with Crippen LogP contribution in [-0.4, -0.2) is 17.1 Å². The van der Waals surface area contributed by atoms with Crippen LogP contribution in [0.2, 0.25) is 0 Å². The minimum atomic E-state index is -0.0307. The van der Waals surface area contributed by atoms with E-state index in [0.717, 1.165) is 18.5 Å². The Labute approximate surface area is 90.9 Å². The molecule has 1 rings (SSSR count). The fourth-order valence-corrected chi connectivity index (χ4v) is 1.39. The van der Waals surface area contributed by atoms with Gasteiger partial charge in [0.15, 0.2) is 0 Å². The van der Waals surface area contributed by atoms with Gasteiger partial charge in [0.05, 0.1) is 12.8 Å². The Morgan fingerprint density at radius 3 is 2.80 bits per heavy atom. The molecule has 0 saturated carbocycles. The maximum Gasteiger partial charge on any atom is 0.216 e. The third kappa shape index (κ3) is 3.47. The Bertz CT molecular complexity index is 304. The first-order valence-electron chi connectivity index (χ1n) is 5.28. The van der Waals surface area contributed by atoms with E-state index in [4.69, 9.17) is 10.5 Å². The van der Waals surface area contributed by atoms with Gasteiger partial charge in [0.1, 0.15) is 6.33 Å². The van der Waals surface area contributed by atoms with E-state index < -0.39 is 0 Å². The fraction of sp³-hybridized carbons (Fsp3) is 0.636. The molecule has 15 heavy (non-hydrogen) atoms. The van der Waals surface area contributed by atoms with Crippen LogP contribution in [0.15, 0.2) is 12.4 Å². The summed E-state index contributed by atoms with van der Waals surface area (Å²) < 4.78 is 5.03. The number of nitrogens with two attached hydrogens (primary N) is 1. The highest BCUT2D eigenvalue weighted by Gasteiger charge is 2.12. The Morgan fingerprint density at radius 1 is 1.47 bits per heavy atom. The van der Waals surface area contributed by atoms with Crippen molar-refractivity contribution >= 4 is 0 Å². The molecule has 1 aromatic rings. The van der Waals surface area contributed by atoms with Gasteiger partial charge in [-0.25, -0.2) is 9.97 Å². The summed E-state index contributed by atoms with van der Waals surface area (Å²) in [6, 6.07) is 1.77. The fourth-order valence-electron chi connectivity index (χ4n) is 1.39. The van der Waals surface area contributed by atoms with Crippen molar-refractivity contribution in [3.8, 4) is 5.88 Å². The molecule has 4 nitrogen and oxygen atoms in total. The van der Waals surface area contributed by atoms with E-state index in [1.165, 1.54) is 6.33 Å². The van der Waals surface area contributed by atoms with E-state index in [0.29, 0.717) is 11.8 Å². The Kier molecular flexibility index (Phi) is 4.49. The molecule has 0 aliphatic carbocycles. The molecule has 2 unspecified atom stereocenters. The minimum absolute atomic E-state index is 0.0307. The normalized spacial score (nSPS) is 14.7. The standard InChI is InChI=1S/C11H19N3O/c1-4-8(2)5-9(12)10-6-11(15-3)14-7-13-10/h6-9H,4-5,12H2,1-3H3. The molecule has 0 spiro atoms. The molecule has 4 heteroatoms. The Hall–Kier alpha value is -1.16. The predicted octanol–water partition coefficient (Wildman–Crippen LogP) is 1.92. The van der Waals surface area contributed by atoms with Crippen molar-refractivity contribution in [1.82, 2.24) is 9.97 Å². The van der Waals surface area contributed by atoms with Gasteiger partial charge in [0.2, 0.25) is 5.88 Å². The smallest absolute Gasteiger partial charge is 0.216 e. The molecule has 0 aliphatic rings. The summed E-state index contributed by atoms with van der Waals surface area (Å²) in [6.07, 6.45) is 3.57. The van der Waals surface area contributed by atoms with Gasteiger partial charge in [0, 0.05) is 12.1 Å². The number of hydrogen-bond donors (Lipinski definition) is 1. The van der Waals surface area contributed by atoms with E-state index in [2.05, 4.69) is 23.8 Å². The third-order valence-corrected chi connectivity index (χ3v) is 2.61. The summed E-state index contributed by atoms with van der Waals surface area (Å²) in [5.74, 6) is 1.18.